The van der Waals surface area contributed by atoms with E-state index in [4.69, 9.17) is 4.74 Å². The molecule has 3 nitrogen and oxygen atoms in total. The molecule has 0 bridgehead atoms. The van der Waals surface area contributed by atoms with Crippen molar-refractivity contribution in [3.63, 3.8) is 0 Å². The molecule has 6 heteroatoms. The number of hydrogen-bond donors (Lipinski definition) is 1. The Kier molecular flexibility index (Phi) is 6.44. The molecule has 0 aliphatic heterocycles. The van der Waals surface area contributed by atoms with E-state index >= 15 is 0 Å². The number of hydrogen-bond acceptors (Lipinski definition) is 2. The zero-order valence-electron chi connectivity index (χ0n) is 17.6. The van der Waals surface area contributed by atoms with Gasteiger partial charge in [0.1, 0.15) is 5.75 Å². The van der Waals surface area contributed by atoms with E-state index in [9.17, 15) is 18.0 Å². The Morgan fingerprint density at radius 2 is 1.67 bits per heavy atom. The molecule has 0 saturated heterocycles. The number of benzene rings is 2. The average molecular weight is 419 g/mol. The fraction of sp³-hybridized carbons (Fsp3) is 0.458. The number of alkyl halides is 3. The van der Waals surface area contributed by atoms with Gasteiger partial charge in [-0.05, 0) is 57.4 Å². The molecule has 0 atom stereocenters. The van der Waals surface area contributed by atoms with Gasteiger partial charge in [-0.15, -0.1) is 0 Å². The fourth-order valence-corrected chi connectivity index (χ4v) is 4.11. The van der Waals surface area contributed by atoms with E-state index in [0.717, 1.165) is 36.5 Å². The molecule has 0 aromatic heterocycles. The van der Waals surface area contributed by atoms with Gasteiger partial charge in [-0.1, -0.05) is 49.1 Å². The van der Waals surface area contributed by atoms with Crippen molar-refractivity contribution in [1.82, 2.24) is 0 Å². The van der Waals surface area contributed by atoms with E-state index in [-0.39, 0.29) is 17.3 Å². The zero-order chi connectivity index (χ0) is 21.9. The maximum Gasteiger partial charge on any atom is 0.420 e. The second-order valence-corrected chi connectivity index (χ2v) is 8.34. The van der Waals surface area contributed by atoms with Crippen molar-refractivity contribution in [1.29, 1.82) is 0 Å². The molecule has 1 aliphatic carbocycles. The Morgan fingerprint density at radius 3 is 2.23 bits per heavy atom. The summed E-state index contributed by atoms with van der Waals surface area (Å²) in [7, 11) is 0. The van der Waals surface area contributed by atoms with Crippen LogP contribution in [0, 0.1) is 6.92 Å². The second kappa shape index (κ2) is 8.70. The first-order valence-electron chi connectivity index (χ1n) is 10.4. The number of carbonyl (C=O) groups excluding carboxylic acids is 1. The third kappa shape index (κ3) is 4.79. The SMILES string of the molecule is Cc1ccc(C2(C(=O)Nc3ccc(OC(C)C)c(C(F)(F)F)c3)CCCCC2)cc1. The Hall–Kier alpha value is -2.50. The van der Waals surface area contributed by atoms with Gasteiger partial charge in [0.2, 0.25) is 5.91 Å². The van der Waals surface area contributed by atoms with Crippen LogP contribution >= 0.6 is 0 Å². The van der Waals surface area contributed by atoms with Gasteiger partial charge in [0.05, 0.1) is 17.1 Å². The third-order valence-corrected chi connectivity index (χ3v) is 5.65. The minimum Gasteiger partial charge on any atom is -0.490 e. The topological polar surface area (TPSA) is 38.3 Å². The summed E-state index contributed by atoms with van der Waals surface area (Å²) in [6.45, 7) is 5.32. The van der Waals surface area contributed by atoms with Gasteiger partial charge in [-0.25, -0.2) is 0 Å². The monoisotopic (exact) mass is 419 g/mol. The highest BCUT2D eigenvalue weighted by Gasteiger charge is 2.41. The lowest BCUT2D eigenvalue weighted by atomic mass is 9.68. The average Bonchev–Trinajstić information content (AvgIpc) is 2.69. The summed E-state index contributed by atoms with van der Waals surface area (Å²) >= 11 is 0. The fourth-order valence-electron chi connectivity index (χ4n) is 4.11. The predicted molar refractivity (Wildman–Crippen MR) is 112 cm³/mol. The quantitative estimate of drug-likeness (QED) is 0.590. The standard InChI is InChI=1S/C24H28F3NO2/c1-16(2)30-21-12-11-19(15-20(21)24(25,26)27)28-22(29)23(13-5-4-6-14-23)18-9-7-17(3)8-10-18/h7-12,15-16H,4-6,13-14H2,1-3H3,(H,28,29). The van der Waals surface area contributed by atoms with E-state index in [1.807, 2.05) is 31.2 Å². The van der Waals surface area contributed by atoms with E-state index in [2.05, 4.69) is 5.32 Å². The lowest BCUT2D eigenvalue weighted by Crippen LogP contribution is -2.42. The van der Waals surface area contributed by atoms with Crippen molar-refractivity contribution in [3.05, 3.63) is 59.2 Å². The van der Waals surface area contributed by atoms with Crippen molar-refractivity contribution in [2.45, 2.75) is 70.6 Å². The molecule has 0 heterocycles. The Morgan fingerprint density at radius 1 is 1.03 bits per heavy atom. The Bertz CT molecular complexity index is 882. The number of halogens is 3. The molecular weight excluding hydrogens is 391 g/mol. The number of anilines is 1. The molecule has 1 aliphatic rings. The van der Waals surface area contributed by atoms with Crippen molar-refractivity contribution in [2.24, 2.45) is 0 Å². The van der Waals surface area contributed by atoms with Crippen LogP contribution in [-0.2, 0) is 16.4 Å². The number of carbonyl (C=O) groups is 1. The van der Waals surface area contributed by atoms with Crippen molar-refractivity contribution in [3.8, 4) is 5.75 Å². The lowest BCUT2D eigenvalue weighted by molar-refractivity contribution is -0.139. The molecule has 0 unspecified atom stereocenters. The van der Waals surface area contributed by atoms with Gasteiger partial charge < -0.3 is 10.1 Å². The number of amides is 1. The van der Waals surface area contributed by atoms with Crippen LogP contribution in [0.25, 0.3) is 0 Å². The third-order valence-electron chi connectivity index (χ3n) is 5.65. The van der Waals surface area contributed by atoms with Gasteiger partial charge in [0.15, 0.2) is 0 Å². The van der Waals surface area contributed by atoms with Crippen molar-refractivity contribution < 1.29 is 22.7 Å². The van der Waals surface area contributed by atoms with Crippen molar-refractivity contribution >= 4 is 11.6 Å². The molecule has 0 radical (unpaired) electrons. The maximum absolute atomic E-state index is 13.6. The molecule has 1 N–H and O–H groups in total. The van der Waals surface area contributed by atoms with Crippen LogP contribution in [0.5, 0.6) is 5.75 Å². The predicted octanol–water partition coefficient (Wildman–Crippen LogP) is 6.64. The summed E-state index contributed by atoms with van der Waals surface area (Å²) in [5.74, 6) is -0.488. The summed E-state index contributed by atoms with van der Waals surface area (Å²) in [6, 6.07) is 11.6. The highest BCUT2D eigenvalue weighted by Crippen LogP contribution is 2.42. The molecule has 1 amide bonds. The first-order valence-corrected chi connectivity index (χ1v) is 10.4. The summed E-state index contributed by atoms with van der Waals surface area (Å²) in [6.07, 6.45) is -0.721. The number of nitrogens with one attached hydrogen (secondary N) is 1. The largest absolute Gasteiger partial charge is 0.490 e. The van der Waals surface area contributed by atoms with E-state index < -0.39 is 23.3 Å². The van der Waals surface area contributed by atoms with E-state index in [1.165, 1.54) is 12.1 Å². The summed E-state index contributed by atoms with van der Waals surface area (Å²) < 4.78 is 46.0. The second-order valence-electron chi connectivity index (χ2n) is 8.34. The summed E-state index contributed by atoms with van der Waals surface area (Å²) in [4.78, 5) is 13.4. The zero-order valence-corrected chi connectivity index (χ0v) is 17.6. The molecule has 3 rings (SSSR count). The summed E-state index contributed by atoms with van der Waals surface area (Å²) in [5.41, 5.74) is 0.529. The molecule has 2 aromatic rings. The number of ether oxygens (including phenoxy) is 1. The lowest BCUT2D eigenvalue weighted by Gasteiger charge is -2.36. The Labute approximate surface area is 175 Å². The first-order chi connectivity index (χ1) is 14.1. The molecule has 0 spiro atoms. The van der Waals surface area contributed by atoms with Gasteiger partial charge in [-0.2, -0.15) is 13.2 Å². The maximum atomic E-state index is 13.6. The first kappa shape index (κ1) is 22.2. The highest BCUT2D eigenvalue weighted by atomic mass is 19.4. The minimum atomic E-state index is -4.58. The summed E-state index contributed by atoms with van der Waals surface area (Å²) in [5, 5.41) is 2.76. The van der Waals surface area contributed by atoms with Crippen LogP contribution in [0.2, 0.25) is 0 Å². The van der Waals surface area contributed by atoms with E-state index in [1.54, 1.807) is 13.8 Å². The molecule has 162 valence electrons. The Balaban J connectivity index is 1.93. The van der Waals surface area contributed by atoms with Gasteiger partial charge in [0, 0.05) is 5.69 Å². The van der Waals surface area contributed by atoms with Crippen LogP contribution in [0.4, 0.5) is 18.9 Å². The van der Waals surface area contributed by atoms with Crippen LogP contribution in [0.1, 0.15) is 62.6 Å². The van der Waals surface area contributed by atoms with Crippen LogP contribution in [0.3, 0.4) is 0 Å². The highest BCUT2D eigenvalue weighted by molar-refractivity contribution is 5.99. The van der Waals surface area contributed by atoms with Crippen molar-refractivity contribution in [2.75, 3.05) is 5.32 Å². The molecule has 2 aromatic carbocycles. The number of aryl methyl sites for hydroxylation is 1. The van der Waals surface area contributed by atoms with Crippen LogP contribution in [0.15, 0.2) is 42.5 Å². The molecule has 1 saturated carbocycles. The molecule has 1 fully saturated rings. The number of rotatable bonds is 5. The van der Waals surface area contributed by atoms with Gasteiger partial charge >= 0.3 is 6.18 Å². The molecular formula is C24H28F3NO2. The smallest absolute Gasteiger partial charge is 0.420 e. The van der Waals surface area contributed by atoms with Crippen LogP contribution < -0.4 is 10.1 Å². The molecule has 30 heavy (non-hydrogen) atoms. The van der Waals surface area contributed by atoms with Gasteiger partial charge in [-0.3, -0.25) is 4.79 Å². The van der Waals surface area contributed by atoms with Gasteiger partial charge in [0.25, 0.3) is 0 Å². The van der Waals surface area contributed by atoms with Crippen LogP contribution in [-0.4, -0.2) is 12.0 Å². The minimum absolute atomic E-state index is 0.125. The normalized spacial score (nSPS) is 16.4. The van der Waals surface area contributed by atoms with E-state index in [0.29, 0.717) is 12.8 Å².